The first kappa shape index (κ1) is 21.3. The maximum Gasteiger partial charge on any atom is 0.374 e. The quantitative estimate of drug-likeness (QED) is 0.432. The maximum absolute atomic E-state index is 13.3. The molecule has 162 valence electrons. The second-order valence-corrected chi connectivity index (χ2v) is 7.14. The number of furan rings is 1. The Morgan fingerprint density at radius 1 is 0.844 bits per heavy atom. The van der Waals surface area contributed by atoms with Crippen LogP contribution in [0.3, 0.4) is 0 Å². The molecule has 0 aliphatic rings. The smallest absolute Gasteiger partial charge is 0.374 e. The lowest BCUT2D eigenvalue weighted by molar-refractivity contribution is -0.163. The molecule has 4 aromatic rings. The lowest BCUT2D eigenvalue weighted by Gasteiger charge is -2.27. The van der Waals surface area contributed by atoms with E-state index in [0.717, 1.165) is 0 Å². The Kier molecular flexibility index (Phi) is 6.05. The second kappa shape index (κ2) is 9.08. The largest absolute Gasteiger partial charge is 0.460 e. The number of carbonyl (C=O) groups excluding carboxylic acids is 2. The van der Waals surface area contributed by atoms with Crippen molar-refractivity contribution in [2.45, 2.75) is 19.1 Å². The molecule has 1 heterocycles. The number of carbonyl (C=O) groups is 2. The lowest BCUT2D eigenvalue weighted by Crippen LogP contribution is -2.38. The first-order valence-corrected chi connectivity index (χ1v) is 10.2. The Morgan fingerprint density at radius 3 is 2.00 bits per heavy atom. The summed E-state index contributed by atoms with van der Waals surface area (Å²) in [5.41, 5.74) is -0.414. The van der Waals surface area contributed by atoms with Crippen LogP contribution in [-0.2, 0) is 26.5 Å². The molecule has 1 aromatic heterocycles. The van der Waals surface area contributed by atoms with Crippen molar-refractivity contribution in [2.75, 3.05) is 6.61 Å². The molecule has 1 N–H and O–H groups in total. The zero-order chi connectivity index (χ0) is 22.6. The van der Waals surface area contributed by atoms with Gasteiger partial charge in [0.1, 0.15) is 12.2 Å². The van der Waals surface area contributed by atoms with Crippen LogP contribution in [0.1, 0.15) is 34.2 Å². The molecule has 0 aliphatic carbocycles. The van der Waals surface area contributed by atoms with Crippen molar-refractivity contribution < 1.29 is 28.6 Å². The Bertz CT molecular complexity index is 1190. The van der Waals surface area contributed by atoms with E-state index in [1.54, 1.807) is 91.9 Å². The summed E-state index contributed by atoms with van der Waals surface area (Å²) in [5.74, 6) is -1.53. The Morgan fingerprint density at radius 2 is 1.41 bits per heavy atom. The van der Waals surface area contributed by atoms with Gasteiger partial charge in [-0.3, -0.25) is 0 Å². The van der Waals surface area contributed by atoms with E-state index in [1.807, 2.05) is 0 Å². The van der Waals surface area contributed by atoms with Crippen molar-refractivity contribution in [3.63, 3.8) is 0 Å². The highest BCUT2D eigenvalue weighted by Crippen LogP contribution is 2.33. The molecule has 0 amide bonds. The summed E-state index contributed by atoms with van der Waals surface area (Å²) in [6.07, 6.45) is 0. The Balaban J connectivity index is 1.70. The fourth-order valence-electron chi connectivity index (χ4n) is 3.61. The van der Waals surface area contributed by atoms with E-state index in [2.05, 4.69) is 0 Å². The van der Waals surface area contributed by atoms with Crippen LogP contribution in [0.5, 0.6) is 0 Å². The molecule has 0 radical (unpaired) electrons. The van der Waals surface area contributed by atoms with Crippen LogP contribution in [0.15, 0.2) is 89.3 Å². The van der Waals surface area contributed by atoms with E-state index < -0.39 is 17.5 Å². The zero-order valence-electron chi connectivity index (χ0n) is 17.5. The molecule has 0 aliphatic heterocycles. The van der Waals surface area contributed by atoms with Gasteiger partial charge in [-0.1, -0.05) is 78.9 Å². The molecule has 0 saturated heterocycles. The number of para-hydroxylation sites is 1. The minimum atomic E-state index is -2.02. The van der Waals surface area contributed by atoms with Crippen molar-refractivity contribution in [2.24, 2.45) is 0 Å². The van der Waals surface area contributed by atoms with Gasteiger partial charge in [0.25, 0.3) is 0 Å². The summed E-state index contributed by atoms with van der Waals surface area (Å²) in [6, 6.07) is 24.2. The van der Waals surface area contributed by atoms with Crippen LogP contribution in [-0.4, -0.2) is 23.7 Å². The van der Waals surface area contributed by atoms with Crippen molar-refractivity contribution in [3.05, 3.63) is 107 Å². The van der Waals surface area contributed by atoms with E-state index in [1.165, 1.54) is 0 Å². The minimum absolute atomic E-state index is 0.0242. The van der Waals surface area contributed by atoms with E-state index in [-0.39, 0.29) is 19.0 Å². The van der Waals surface area contributed by atoms with Crippen molar-refractivity contribution >= 4 is 22.9 Å². The number of esters is 2. The van der Waals surface area contributed by atoms with Crippen LogP contribution in [0.25, 0.3) is 11.0 Å². The van der Waals surface area contributed by atoms with Gasteiger partial charge in [-0.15, -0.1) is 0 Å². The van der Waals surface area contributed by atoms with Crippen LogP contribution in [0.4, 0.5) is 0 Å². The molecule has 0 atom stereocenters. The summed E-state index contributed by atoms with van der Waals surface area (Å²) in [5, 5.41) is 12.2. The molecular weight excluding hydrogens is 408 g/mol. The highest BCUT2D eigenvalue weighted by atomic mass is 16.6. The molecule has 0 saturated carbocycles. The van der Waals surface area contributed by atoms with Crippen molar-refractivity contribution in [3.8, 4) is 0 Å². The van der Waals surface area contributed by atoms with Crippen molar-refractivity contribution in [1.29, 1.82) is 0 Å². The number of hydrogen-bond donors (Lipinski definition) is 1. The van der Waals surface area contributed by atoms with E-state index in [9.17, 15) is 14.7 Å². The van der Waals surface area contributed by atoms with E-state index in [0.29, 0.717) is 27.7 Å². The van der Waals surface area contributed by atoms with Gasteiger partial charge in [0.05, 0.1) is 12.2 Å². The van der Waals surface area contributed by atoms with E-state index in [4.69, 9.17) is 13.9 Å². The average molecular weight is 430 g/mol. The SMILES string of the molecule is CCOC(=O)c1oc2ccccc2c1COC(=O)C(O)(c1ccccc1)c1ccccc1. The fourth-order valence-corrected chi connectivity index (χ4v) is 3.61. The van der Waals surface area contributed by atoms with Crippen LogP contribution in [0, 0.1) is 0 Å². The second-order valence-electron chi connectivity index (χ2n) is 7.14. The standard InChI is InChI=1S/C26H22O6/c1-2-30-24(27)23-21(20-15-9-10-16-22(20)32-23)17-31-25(28)26(29,18-11-5-3-6-12-18)19-13-7-4-8-14-19/h3-16,29H,2,17H2,1H3. The molecule has 3 aromatic carbocycles. The first-order valence-electron chi connectivity index (χ1n) is 10.2. The number of hydrogen-bond acceptors (Lipinski definition) is 6. The third kappa shape index (κ3) is 3.88. The highest BCUT2D eigenvalue weighted by Gasteiger charge is 2.42. The zero-order valence-corrected chi connectivity index (χ0v) is 17.5. The van der Waals surface area contributed by atoms with Gasteiger partial charge in [0, 0.05) is 5.39 Å². The molecule has 6 nitrogen and oxygen atoms in total. The van der Waals surface area contributed by atoms with Crippen LogP contribution < -0.4 is 0 Å². The van der Waals surface area contributed by atoms with Gasteiger partial charge in [0.2, 0.25) is 11.4 Å². The highest BCUT2D eigenvalue weighted by molar-refractivity contribution is 5.96. The predicted molar refractivity (Wildman–Crippen MR) is 118 cm³/mol. The maximum atomic E-state index is 13.3. The number of aliphatic hydroxyl groups is 1. The normalized spacial score (nSPS) is 11.3. The van der Waals surface area contributed by atoms with Gasteiger partial charge in [-0.05, 0) is 24.1 Å². The van der Waals surface area contributed by atoms with Gasteiger partial charge in [0.15, 0.2) is 0 Å². The molecular formula is C26H22O6. The van der Waals surface area contributed by atoms with Gasteiger partial charge in [-0.25, -0.2) is 9.59 Å². The van der Waals surface area contributed by atoms with Gasteiger partial charge >= 0.3 is 11.9 Å². The molecule has 4 rings (SSSR count). The Labute approximate surface area is 185 Å². The molecule has 6 heteroatoms. The number of fused-ring (bicyclic) bond motifs is 1. The summed E-state index contributed by atoms with van der Waals surface area (Å²) < 4.78 is 16.3. The molecule has 0 spiro atoms. The topological polar surface area (TPSA) is 86.0 Å². The average Bonchev–Trinajstić information content (AvgIpc) is 3.22. The van der Waals surface area contributed by atoms with E-state index >= 15 is 0 Å². The number of rotatable bonds is 7. The Hall–Kier alpha value is -3.90. The third-order valence-electron chi connectivity index (χ3n) is 5.19. The lowest BCUT2D eigenvalue weighted by atomic mass is 9.86. The van der Waals surface area contributed by atoms with Crippen LogP contribution >= 0.6 is 0 Å². The third-order valence-corrected chi connectivity index (χ3v) is 5.19. The van der Waals surface area contributed by atoms with Crippen LogP contribution in [0.2, 0.25) is 0 Å². The summed E-state index contributed by atoms with van der Waals surface area (Å²) in [4.78, 5) is 25.7. The van der Waals surface area contributed by atoms with Gasteiger partial charge in [-0.2, -0.15) is 0 Å². The summed E-state index contributed by atoms with van der Waals surface area (Å²) in [6.45, 7) is 1.60. The molecule has 0 bridgehead atoms. The monoisotopic (exact) mass is 430 g/mol. The predicted octanol–water partition coefficient (Wildman–Crippen LogP) is 4.59. The number of ether oxygens (including phenoxy) is 2. The molecule has 0 unspecified atom stereocenters. The van der Waals surface area contributed by atoms with Gasteiger partial charge < -0.3 is 19.0 Å². The molecule has 32 heavy (non-hydrogen) atoms. The fraction of sp³-hybridized carbons (Fsp3) is 0.154. The minimum Gasteiger partial charge on any atom is -0.460 e. The molecule has 0 fully saturated rings. The number of benzene rings is 3. The summed E-state index contributed by atoms with van der Waals surface area (Å²) >= 11 is 0. The van der Waals surface area contributed by atoms with Crippen molar-refractivity contribution in [1.82, 2.24) is 0 Å². The summed E-state index contributed by atoms with van der Waals surface area (Å²) in [7, 11) is 0. The first-order chi connectivity index (χ1) is 15.6.